The lowest BCUT2D eigenvalue weighted by atomic mass is 10.3. The third kappa shape index (κ3) is 1.03. The average molecular weight is 213 g/mol. The van der Waals surface area contributed by atoms with Crippen molar-refractivity contribution >= 4 is 26.9 Å². The summed E-state index contributed by atoms with van der Waals surface area (Å²) in [6.07, 6.45) is 1.68. The lowest BCUT2D eigenvalue weighted by molar-refractivity contribution is 0.574. The minimum absolute atomic E-state index is 0.656. The second-order valence-corrected chi connectivity index (χ2v) is 3.03. The van der Waals surface area contributed by atoms with Crippen LogP contribution >= 0.6 is 15.9 Å². The van der Waals surface area contributed by atoms with Crippen molar-refractivity contribution in [3.8, 4) is 0 Å². The summed E-state index contributed by atoms with van der Waals surface area (Å²) in [5, 5.41) is 8.54. The van der Waals surface area contributed by atoms with Crippen LogP contribution in [0.15, 0.2) is 21.3 Å². The summed E-state index contributed by atoms with van der Waals surface area (Å²) in [4.78, 5) is 0. The van der Waals surface area contributed by atoms with E-state index in [0.29, 0.717) is 4.60 Å². The fourth-order valence-corrected chi connectivity index (χ4v) is 1.38. The molecule has 56 valence electrons. The molecule has 0 saturated heterocycles. The summed E-state index contributed by atoms with van der Waals surface area (Å²) in [5.41, 5.74) is 0.762. The van der Waals surface area contributed by atoms with Crippen molar-refractivity contribution < 1.29 is 4.42 Å². The number of hydrogen-bond donors (Lipinski definition) is 0. The van der Waals surface area contributed by atoms with E-state index < -0.39 is 0 Å². The largest absolute Gasteiger partial charge is 0.458 e. The highest BCUT2D eigenvalue weighted by atomic mass is 79.9. The van der Waals surface area contributed by atoms with Gasteiger partial charge in [-0.2, -0.15) is 5.10 Å². The van der Waals surface area contributed by atoms with Crippen LogP contribution in [-0.4, -0.2) is 10.2 Å². The second-order valence-electron chi connectivity index (χ2n) is 2.28. The fraction of sp³-hybridized carbons (Fsp3) is 0.143. The van der Waals surface area contributed by atoms with Crippen molar-refractivity contribution in [2.75, 3.05) is 0 Å². The van der Waals surface area contributed by atoms with Gasteiger partial charge in [-0.1, -0.05) is 0 Å². The number of aryl methyl sites for hydroxylation is 1. The first-order valence-corrected chi connectivity index (χ1v) is 3.94. The Labute approximate surface area is 71.5 Å². The molecule has 2 heterocycles. The summed E-state index contributed by atoms with van der Waals surface area (Å²) >= 11 is 3.24. The highest BCUT2D eigenvalue weighted by Gasteiger charge is 2.04. The van der Waals surface area contributed by atoms with Gasteiger partial charge in [-0.25, -0.2) is 0 Å². The maximum atomic E-state index is 5.35. The molecule has 2 aromatic rings. The number of fused-ring (bicyclic) bond motifs is 1. The fourth-order valence-electron chi connectivity index (χ4n) is 0.978. The zero-order chi connectivity index (χ0) is 7.84. The molecule has 0 aromatic carbocycles. The van der Waals surface area contributed by atoms with Crippen molar-refractivity contribution in [3.63, 3.8) is 0 Å². The van der Waals surface area contributed by atoms with Crippen LogP contribution in [0, 0.1) is 6.92 Å². The molecule has 0 aliphatic heterocycles. The van der Waals surface area contributed by atoms with E-state index in [2.05, 4.69) is 26.1 Å². The number of rotatable bonds is 0. The third-order valence-corrected chi connectivity index (χ3v) is 1.93. The highest BCUT2D eigenvalue weighted by Crippen LogP contribution is 2.23. The third-order valence-electron chi connectivity index (χ3n) is 1.41. The Balaban J connectivity index is 2.90. The van der Waals surface area contributed by atoms with Crippen LogP contribution in [-0.2, 0) is 0 Å². The molecule has 0 unspecified atom stereocenters. The summed E-state index contributed by atoms with van der Waals surface area (Å²) in [6.45, 7) is 1.90. The molecule has 0 radical (unpaired) electrons. The topological polar surface area (TPSA) is 38.9 Å². The van der Waals surface area contributed by atoms with Gasteiger partial charge >= 0.3 is 0 Å². The molecule has 0 spiro atoms. The highest BCUT2D eigenvalue weighted by molar-refractivity contribution is 9.10. The molecular formula is C7H5BrN2O. The van der Waals surface area contributed by atoms with E-state index in [9.17, 15) is 0 Å². The Morgan fingerprint density at radius 2 is 2.36 bits per heavy atom. The first kappa shape index (κ1) is 6.79. The first-order valence-electron chi connectivity index (χ1n) is 3.15. The van der Waals surface area contributed by atoms with Crippen molar-refractivity contribution in [3.05, 3.63) is 22.6 Å². The predicted octanol–water partition coefficient (Wildman–Crippen LogP) is 2.29. The monoisotopic (exact) mass is 212 g/mol. The molecule has 11 heavy (non-hydrogen) atoms. The molecule has 0 atom stereocenters. The Hall–Kier alpha value is -0.900. The zero-order valence-electron chi connectivity index (χ0n) is 5.84. The van der Waals surface area contributed by atoms with Gasteiger partial charge in [-0.3, -0.25) is 0 Å². The van der Waals surface area contributed by atoms with E-state index in [1.807, 2.05) is 13.0 Å². The molecule has 0 bridgehead atoms. The van der Waals surface area contributed by atoms with Gasteiger partial charge in [0.25, 0.3) is 0 Å². The van der Waals surface area contributed by atoms with Gasteiger partial charge in [0.15, 0.2) is 10.2 Å². The lowest BCUT2D eigenvalue weighted by Crippen LogP contribution is -1.79. The molecular weight excluding hydrogens is 208 g/mol. The maximum Gasteiger partial charge on any atom is 0.171 e. The molecule has 2 rings (SSSR count). The van der Waals surface area contributed by atoms with Gasteiger partial charge in [0.05, 0.1) is 6.20 Å². The molecule has 0 aliphatic rings. The molecule has 4 heteroatoms. The quantitative estimate of drug-likeness (QED) is 0.673. The summed E-state index contributed by atoms with van der Waals surface area (Å²) in [7, 11) is 0. The summed E-state index contributed by atoms with van der Waals surface area (Å²) in [6, 6.07) is 1.93. The number of halogens is 1. The van der Waals surface area contributed by atoms with Crippen molar-refractivity contribution in [2.24, 2.45) is 0 Å². The summed E-state index contributed by atoms with van der Waals surface area (Å²) < 4.78 is 6.00. The Morgan fingerprint density at radius 3 is 3.09 bits per heavy atom. The molecule has 0 amide bonds. The average Bonchev–Trinajstić information content (AvgIpc) is 2.31. The van der Waals surface area contributed by atoms with Gasteiger partial charge in [-0.15, -0.1) is 5.10 Å². The normalized spacial score (nSPS) is 10.7. The van der Waals surface area contributed by atoms with E-state index in [1.54, 1.807) is 6.20 Å². The minimum Gasteiger partial charge on any atom is -0.458 e. The second kappa shape index (κ2) is 2.30. The molecule has 0 aliphatic carbocycles. The summed E-state index contributed by atoms with van der Waals surface area (Å²) in [5.74, 6) is 0.871. The van der Waals surface area contributed by atoms with Crippen LogP contribution in [0.25, 0.3) is 11.0 Å². The zero-order valence-corrected chi connectivity index (χ0v) is 7.42. The van der Waals surface area contributed by atoms with E-state index in [4.69, 9.17) is 4.42 Å². The number of nitrogens with zero attached hydrogens (tertiary/aromatic N) is 2. The van der Waals surface area contributed by atoms with Crippen molar-refractivity contribution in [1.29, 1.82) is 0 Å². The Kier molecular flexibility index (Phi) is 1.42. The molecule has 2 aromatic heterocycles. The molecule has 0 fully saturated rings. The van der Waals surface area contributed by atoms with Gasteiger partial charge < -0.3 is 4.42 Å². The predicted molar refractivity (Wildman–Crippen MR) is 44.2 cm³/mol. The molecule has 3 nitrogen and oxygen atoms in total. The van der Waals surface area contributed by atoms with E-state index >= 15 is 0 Å². The van der Waals surface area contributed by atoms with Crippen LogP contribution in [0.2, 0.25) is 0 Å². The van der Waals surface area contributed by atoms with Crippen LogP contribution in [0.4, 0.5) is 0 Å². The number of hydrogen-bond acceptors (Lipinski definition) is 3. The minimum atomic E-state index is 0.656. The Bertz CT molecular complexity index is 396. The van der Waals surface area contributed by atoms with Gasteiger partial charge in [0.1, 0.15) is 5.76 Å². The Morgan fingerprint density at radius 1 is 1.55 bits per heavy atom. The van der Waals surface area contributed by atoms with Crippen molar-refractivity contribution in [2.45, 2.75) is 6.92 Å². The van der Waals surface area contributed by atoms with E-state index in [-0.39, 0.29) is 0 Å². The first-order chi connectivity index (χ1) is 5.27. The van der Waals surface area contributed by atoms with Crippen LogP contribution in [0.5, 0.6) is 0 Å². The van der Waals surface area contributed by atoms with Gasteiger partial charge in [-0.05, 0) is 28.9 Å². The van der Waals surface area contributed by atoms with Gasteiger partial charge in [0.2, 0.25) is 0 Å². The number of aromatic nitrogens is 2. The lowest BCUT2D eigenvalue weighted by Gasteiger charge is -1.87. The van der Waals surface area contributed by atoms with Crippen molar-refractivity contribution in [1.82, 2.24) is 10.2 Å². The van der Waals surface area contributed by atoms with Crippen LogP contribution < -0.4 is 0 Å². The SMILES string of the molecule is Cc1cc2cnnc(Br)c2o1. The maximum absolute atomic E-state index is 5.35. The van der Waals surface area contributed by atoms with Crippen LogP contribution in [0.3, 0.4) is 0 Å². The molecule has 0 saturated carbocycles. The van der Waals surface area contributed by atoms with E-state index in [0.717, 1.165) is 16.7 Å². The van der Waals surface area contributed by atoms with Gasteiger partial charge in [0, 0.05) is 5.39 Å². The van der Waals surface area contributed by atoms with Crippen LogP contribution in [0.1, 0.15) is 5.76 Å². The standard InChI is InChI=1S/C7H5BrN2O/c1-4-2-5-3-9-10-7(8)6(5)11-4/h2-3H,1H3. The van der Waals surface area contributed by atoms with E-state index in [1.165, 1.54) is 0 Å². The smallest absolute Gasteiger partial charge is 0.171 e. The molecule has 0 N–H and O–H groups in total. The number of furan rings is 1.